The van der Waals surface area contributed by atoms with Crippen LogP contribution in [0.2, 0.25) is 58.9 Å². The Hall–Kier alpha value is 0.684. The Labute approximate surface area is 301 Å². The smallest absolute Gasteiger partial charge is 0.416 e. The molecule has 48 heavy (non-hydrogen) atoms. The summed E-state index contributed by atoms with van der Waals surface area (Å²) in [6.07, 6.45) is 12.9. The summed E-state index contributed by atoms with van der Waals surface area (Å²) in [5.74, 6) is 0. The van der Waals surface area contributed by atoms with Crippen LogP contribution in [0.3, 0.4) is 0 Å². The topological polar surface area (TPSA) is 74.3 Å². The maximum Gasteiger partial charge on any atom is 0.483 e. The van der Waals surface area contributed by atoms with Crippen molar-refractivity contribution in [2.75, 3.05) is 42.3 Å². The molecule has 0 aromatic rings. The molecule has 0 amide bonds. The van der Waals surface area contributed by atoms with Crippen LogP contribution >= 0.6 is 0 Å². The van der Waals surface area contributed by atoms with Gasteiger partial charge < -0.3 is 44.4 Å². The highest BCUT2D eigenvalue weighted by atomic mass is 28.5. The molecule has 0 heterocycles. The lowest BCUT2D eigenvalue weighted by molar-refractivity contribution is 0.000905. The van der Waals surface area contributed by atoms with Crippen molar-refractivity contribution in [2.45, 2.75) is 172 Å². The number of hydrogen-bond donors (Lipinski definition) is 0. The fourth-order valence-corrected chi connectivity index (χ4v) is 27.5. The van der Waals surface area contributed by atoms with E-state index >= 15 is 0 Å². The summed E-state index contributed by atoms with van der Waals surface area (Å²) in [5, 5.41) is 0. The van der Waals surface area contributed by atoms with E-state index in [4.69, 9.17) is 29.7 Å². The second-order valence-electron chi connectivity index (χ2n) is 17.8. The summed E-state index contributed by atoms with van der Waals surface area (Å²) in [5.41, 5.74) is 0. The molecule has 284 valence electrons. The van der Waals surface area contributed by atoms with E-state index in [2.05, 4.69) is 116 Å². The number of nitrogens with zero attached hydrogens (tertiary/aromatic N) is 3. The van der Waals surface area contributed by atoms with Gasteiger partial charge in [0.25, 0.3) is 0 Å². The Bertz CT molecular complexity index is 906. The largest absolute Gasteiger partial charge is 0.483 e. The van der Waals surface area contributed by atoms with Crippen molar-refractivity contribution < 1.29 is 29.7 Å². The summed E-state index contributed by atoms with van der Waals surface area (Å²) in [7, 11) is -0.984. The lowest BCUT2D eigenvalue weighted by Crippen LogP contribution is -2.66. The van der Waals surface area contributed by atoms with Crippen LogP contribution in [0.15, 0.2) is 0 Å². The van der Waals surface area contributed by atoms with Gasteiger partial charge in [0, 0.05) is 56.1 Å². The van der Waals surface area contributed by atoms with E-state index in [1.165, 1.54) is 0 Å². The molecule has 3 aliphatic carbocycles. The molecule has 2 unspecified atom stereocenters. The van der Waals surface area contributed by atoms with E-state index < -0.39 is 43.0 Å². The fraction of sp³-hybridized carbons (Fsp3) is 1.00. The minimum Gasteiger partial charge on any atom is -0.416 e. The Kier molecular flexibility index (Phi) is 15.9. The molecule has 3 saturated carbocycles. The van der Waals surface area contributed by atoms with Crippen molar-refractivity contribution in [3.63, 3.8) is 0 Å². The molecule has 0 spiro atoms. The van der Waals surface area contributed by atoms with Gasteiger partial charge in [0.05, 0.1) is 0 Å². The monoisotopic (exact) mass is 765 g/mol. The van der Waals surface area contributed by atoms with Gasteiger partial charge >= 0.3 is 26.4 Å². The molecule has 3 rings (SSSR count). The number of rotatable bonds is 17. The van der Waals surface area contributed by atoms with Gasteiger partial charge in [-0.3, -0.25) is 0 Å². The first kappa shape index (κ1) is 43.1. The Morgan fingerprint density at radius 3 is 0.729 bits per heavy atom. The molecule has 3 aliphatic rings. The average molecular weight is 766 g/mol. The Balaban J connectivity index is 1.92. The summed E-state index contributed by atoms with van der Waals surface area (Å²) in [4.78, 5) is 7.03. The van der Waals surface area contributed by atoms with Gasteiger partial charge in [0.1, 0.15) is 0 Å². The Morgan fingerprint density at radius 2 is 0.542 bits per heavy atom. The van der Waals surface area contributed by atoms with Crippen molar-refractivity contribution in [3.8, 4) is 0 Å². The Morgan fingerprint density at radius 1 is 0.333 bits per heavy atom. The third kappa shape index (κ3) is 14.6. The van der Waals surface area contributed by atoms with Crippen LogP contribution in [0.5, 0.6) is 0 Å². The molecule has 0 aliphatic heterocycles. The third-order valence-corrected chi connectivity index (χ3v) is 26.1. The standard InChI is InChI=1S/C33H75N3O7Si5/c1-34(2)28-16-22-31(23-17-28)37-46(13,40-44(7,8)9)42-48(15,39-33-26-20-30(21-27-33)36(5)6)43-47(14,41-45(10,11)12)38-32-24-18-29(19-25-32)35(3)4/h28-33H,16-27H2,1-15H3. The first-order valence-corrected chi connectivity index (χ1v) is 32.3. The van der Waals surface area contributed by atoms with Gasteiger partial charge in [-0.25, -0.2) is 0 Å². The van der Waals surface area contributed by atoms with Crippen LogP contribution in [0.4, 0.5) is 0 Å². The first-order chi connectivity index (χ1) is 22.0. The SMILES string of the molecule is CN(C)C1CCC(O[Si](C)(O[Si](C)(C)C)O[Si](C)(OC2CCC(N(C)C)CC2)O[Si](C)(OC2CCC(N(C)C)CC2)O[Si](C)(C)C)CC1. The van der Waals surface area contributed by atoms with E-state index in [0.717, 1.165) is 77.0 Å². The van der Waals surface area contributed by atoms with Crippen molar-refractivity contribution >= 4 is 43.0 Å². The predicted octanol–water partition coefficient (Wildman–Crippen LogP) is 7.10. The van der Waals surface area contributed by atoms with Crippen molar-refractivity contribution in [1.29, 1.82) is 0 Å². The van der Waals surface area contributed by atoms with Gasteiger partial charge in [0.15, 0.2) is 16.6 Å². The normalized spacial score (nSPS) is 31.9. The van der Waals surface area contributed by atoms with Crippen molar-refractivity contribution in [1.82, 2.24) is 14.7 Å². The lowest BCUT2D eigenvalue weighted by Gasteiger charge is -2.46. The summed E-state index contributed by atoms with van der Waals surface area (Å²) < 4.78 is 49.7. The third-order valence-electron chi connectivity index (χ3n) is 9.99. The van der Waals surface area contributed by atoms with Crippen molar-refractivity contribution in [2.24, 2.45) is 0 Å². The average Bonchev–Trinajstić information content (AvgIpc) is 2.91. The summed E-state index contributed by atoms with van der Waals surface area (Å²) in [6.45, 7) is 19.6. The molecule has 0 saturated heterocycles. The van der Waals surface area contributed by atoms with Gasteiger partial charge in [-0.2, -0.15) is 0 Å². The van der Waals surface area contributed by atoms with Crippen LogP contribution in [-0.2, 0) is 29.7 Å². The molecule has 10 nitrogen and oxygen atoms in total. The summed E-state index contributed by atoms with van der Waals surface area (Å²) >= 11 is 0. The van der Waals surface area contributed by atoms with Crippen LogP contribution in [0.1, 0.15) is 77.0 Å². The molecule has 0 radical (unpaired) electrons. The highest BCUT2D eigenvalue weighted by molar-refractivity contribution is 6.86. The molecular formula is C33H75N3O7Si5. The van der Waals surface area contributed by atoms with Crippen LogP contribution < -0.4 is 0 Å². The lowest BCUT2D eigenvalue weighted by atomic mass is 9.92. The van der Waals surface area contributed by atoms with Crippen molar-refractivity contribution in [3.05, 3.63) is 0 Å². The van der Waals surface area contributed by atoms with E-state index in [0.29, 0.717) is 18.1 Å². The van der Waals surface area contributed by atoms with Crippen LogP contribution in [0, 0.1) is 0 Å². The molecule has 0 N–H and O–H groups in total. The van der Waals surface area contributed by atoms with E-state index in [1.807, 2.05) is 0 Å². The van der Waals surface area contributed by atoms with Gasteiger partial charge in [-0.05, 0) is 159 Å². The minimum absolute atomic E-state index is 0.0548. The van der Waals surface area contributed by atoms with Gasteiger partial charge in [-0.15, -0.1) is 0 Å². The quantitative estimate of drug-likeness (QED) is 0.143. The highest BCUT2D eigenvalue weighted by Gasteiger charge is 2.57. The van der Waals surface area contributed by atoms with Crippen LogP contribution in [0.25, 0.3) is 0 Å². The maximum absolute atomic E-state index is 7.29. The van der Waals surface area contributed by atoms with Gasteiger partial charge in [0.2, 0.25) is 0 Å². The zero-order chi connectivity index (χ0) is 36.1. The molecule has 0 aromatic carbocycles. The number of hydrogen-bond acceptors (Lipinski definition) is 10. The van der Waals surface area contributed by atoms with E-state index in [1.54, 1.807) is 0 Å². The maximum atomic E-state index is 7.29. The second-order valence-corrected chi connectivity index (χ2v) is 35.4. The minimum atomic E-state index is -3.45. The zero-order valence-corrected chi connectivity index (χ0v) is 38.6. The molecule has 2 atom stereocenters. The molecule has 15 heteroatoms. The first-order valence-electron chi connectivity index (χ1n) is 18.8. The van der Waals surface area contributed by atoms with Crippen LogP contribution in [-0.4, -0.2) is 136 Å². The molecule has 3 fully saturated rings. The molecule has 0 bridgehead atoms. The highest BCUT2D eigenvalue weighted by Crippen LogP contribution is 2.36. The van der Waals surface area contributed by atoms with E-state index in [9.17, 15) is 0 Å². The van der Waals surface area contributed by atoms with Gasteiger partial charge in [-0.1, -0.05) is 0 Å². The van der Waals surface area contributed by atoms with E-state index in [-0.39, 0.29) is 18.3 Å². The fourth-order valence-electron chi connectivity index (χ4n) is 7.94. The molecular weight excluding hydrogens is 691 g/mol. The summed E-state index contributed by atoms with van der Waals surface area (Å²) in [6, 6.07) is 1.76. The predicted molar refractivity (Wildman–Crippen MR) is 208 cm³/mol. The second kappa shape index (κ2) is 17.7. The molecule has 0 aromatic heterocycles. The zero-order valence-electron chi connectivity index (χ0n) is 33.6.